The number of H-pyrrole nitrogens is 1. The molecule has 0 amide bonds. The molecule has 0 aliphatic carbocycles. The predicted octanol–water partition coefficient (Wildman–Crippen LogP) is 3.61. The van der Waals surface area contributed by atoms with Gasteiger partial charge in [0.25, 0.3) is 0 Å². The number of nitrogens with one attached hydrogen (secondary N) is 1. The quantitative estimate of drug-likeness (QED) is 0.898. The zero-order valence-electron chi connectivity index (χ0n) is 9.46. The van der Waals surface area contributed by atoms with Gasteiger partial charge >= 0.3 is 0 Å². The summed E-state index contributed by atoms with van der Waals surface area (Å²) in [7, 11) is 4.20. The average Bonchev–Trinajstić information content (AvgIpc) is 2.50. The first-order chi connectivity index (χ1) is 7.18. The maximum absolute atomic E-state index is 3.59. The minimum absolute atomic E-state index is 0. The van der Waals surface area contributed by atoms with Gasteiger partial charge in [-0.3, -0.25) is 0 Å². The second kappa shape index (κ2) is 5.84. The maximum atomic E-state index is 3.59. The number of halogens is 2. The summed E-state index contributed by atoms with van der Waals surface area (Å²) in [6.45, 7) is 1.07. The minimum atomic E-state index is 0. The molecule has 2 rings (SSSR count). The largest absolute Gasteiger partial charge is 0.349 e. The van der Waals surface area contributed by atoms with Crippen LogP contribution in [0.5, 0.6) is 0 Å². The monoisotopic (exact) mass is 346 g/mol. The Balaban J connectivity index is 0.00000128. The highest BCUT2D eigenvalue weighted by Crippen LogP contribution is 2.26. The third kappa shape index (κ3) is 2.87. The number of fused-ring (bicyclic) bond motifs is 1. The molecule has 1 N–H and O–H groups in total. The summed E-state index contributed by atoms with van der Waals surface area (Å²) < 4.78 is 1.12. The zero-order chi connectivity index (χ0) is 10.8. The van der Waals surface area contributed by atoms with Gasteiger partial charge in [-0.05, 0) is 48.1 Å². The lowest BCUT2D eigenvalue weighted by Gasteiger charge is -2.08. The third-order valence-corrected chi connectivity index (χ3v) is 3.25. The average molecular weight is 348 g/mol. The highest BCUT2D eigenvalue weighted by Gasteiger charge is 2.08. The highest BCUT2D eigenvalue weighted by atomic mass is 79.9. The summed E-state index contributed by atoms with van der Waals surface area (Å²) in [4.78, 5) is 5.55. The normalized spacial score (nSPS) is 10.8. The van der Waals surface area contributed by atoms with E-state index in [1.807, 2.05) is 0 Å². The van der Waals surface area contributed by atoms with Gasteiger partial charge < -0.3 is 9.88 Å². The summed E-state index contributed by atoms with van der Waals surface area (Å²) in [6.07, 6.45) is 1.07. The Morgan fingerprint density at radius 2 is 1.94 bits per heavy atom. The molecule has 1 aromatic carbocycles. The molecule has 1 aromatic heterocycles. The number of benzene rings is 1. The lowest BCUT2D eigenvalue weighted by molar-refractivity contribution is 0.414. The number of hydrogen-bond donors (Lipinski definition) is 1. The summed E-state index contributed by atoms with van der Waals surface area (Å²) >= 11 is 3.59. The lowest BCUT2D eigenvalue weighted by Crippen LogP contribution is -2.15. The number of para-hydroxylation sites is 1. The second-order valence-electron chi connectivity index (χ2n) is 4.02. The molecular weight excluding hydrogens is 332 g/mol. The van der Waals surface area contributed by atoms with Gasteiger partial charge in [0, 0.05) is 17.4 Å². The number of rotatable bonds is 3. The van der Waals surface area contributed by atoms with E-state index in [-0.39, 0.29) is 17.0 Å². The first kappa shape index (κ1) is 13.7. The van der Waals surface area contributed by atoms with E-state index in [1.165, 1.54) is 16.5 Å². The molecule has 0 saturated carbocycles. The van der Waals surface area contributed by atoms with Crippen LogP contribution in [0, 0.1) is 0 Å². The van der Waals surface area contributed by atoms with Crippen molar-refractivity contribution >= 4 is 43.8 Å². The van der Waals surface area contributed by atoms with Gasteiger partial charge in [-0.15, -0.1) is 17.0 Å². The van der Waals surface area contributed by atoms with Crippen LogP contribution in [-0.4, -0.2) is 30.5 Å². The van der Waals surface area contributed by atoms with Gasteiger partial charge in [-0.25, -0.2) is 0 Å². The van der Waals surface area contributed by atoms with Crippen LogP contribution in [0.15, 0.2) is 28.9 Å². The fourth-order valence-electron chi connectivity index (χ4n) is 1.75. The first-order valence-corrected chi connectivity index (χ1v) is 5.87. The molecule has 0 radical (unpaired) electrons. The molecule has 1 heterocycles. The van der Waals surface area contributed by atoms with E-state index >= 15 is 0 Å². The Morgan fingerprint density at radius 3 is 2.62 bits per heavy atom. The molecule has 0 spiro atoms. The Morgan fingerprint density at radius 1 is 1.25 bits per heavy atom. The highest BCUT2D eigenvalue weighted by molar-refractivity contribution is 9.10. The topological polar surface area (TPSA) is 19.0 Å². The number of aromatic nitrogens is 1. The molecule has 4 heteroatoms. The Labute approximate surface area is 115 Å². The van der Waals surface area contributed by atoms with Crippen LogP contribution < -0.4 is 0 Å². The number of nitrogens with zero attached hydrogens (tertiary/aromatic N) is 1. The molecule has 0 bridgehead atoms. The standard InChI is InChI=1S/C12H15BrN2.BrH/c1-15(2)8-7-10-9-5-3-4-6-11(9)14-12(10)13;/h3-6,14H,7-8H2,1-2H3;1H. The molecule has 0 saturated heterocycles. The van der Waals surface area contributed by atoms with Crippen molar-refractivity contribution in [3.8, 4) is 0 Å². The van der Waals surface area contributed by atoms with Gasteiger partial charge in [0.2, 0.25) is 0 Å². The predicted molar refractivity (Wildman–Crippen MR) is 78.6 cm³/mol. The molecule has 0 unspecified atom stereocenters. The SMILES string of the molecule is Br.CN(C)CCc1c(Br)[nH]c2ccccc12. The third-order valence-electron chi connectivity index (χ3n) is 2.57. The van der Waals surface area contributed by atoms with E-state index in [1.54, 1.807) is 0 Å². The van der Waals surface area contributed by atoms with Crippen LogP contribution >= 0.6 is 32.9 Å². The molecule has 0 aliphatic heterocycles. The van der Waals surface area contributed by atoms with Crippen molar-refractivity contribution in [3.63, 3.8) is 0 Å². The van der Waals surface area contributed by atoms with Crippen molar-refractivity contribution in [1.82, 2.24) is 9.88 Å². The van der Waals surface area contributed by atoms with Crippen molar-refractivity contribution < 1.29 is 0 Å². The number of aromatic amines is 1. The van der Waals surface area contributed by atoms with Crippen molar-refractivity contribution in [2.75, 3.05) is 20.6 Å². The van der Waals surface area contributed by atoms with Gasteiger partial charge in [0.1, 0.15) is 0 Å². The molecular formula is C12H16Br2N2. The molecule has 2 aromatic rings. The molecule has 0 aliphatic rings. The van der Waals surface area contributed by atoms with Crippen LogP contribution in [0.3, 0.4) is 0 Å². The van der Waals surface area contributed by atoms with Gasteiger partial charge in [0.05, 0.1) is 4.60 Å². The van der Waals surface area contributed by atoms with E-state index < -0.39 is 0 Å². The van der Waals surface area contributed by atoms with E-state index in [9.17, 15) is 0 Å². The van der Waals surface area contributed by atoms with E-state index in [4.69, 9.17) is 0 Å². The number of likely N-dealkylation sites (N-methyl/N-ethyl adjacent to an activating group) is 1. The summed E-state index contributed by atoms with van der Waals surface area (Å²) in [6, 6.07) is 8.42. The van der Waals surface area contributed by atoms with Crippen LogP contribution in [0.25, 0.3) is 10.9 Å². The van der Waals surface area contributed by atoms with Crippen molar-refractivity contribution in [1.29, 1.82) is 0 Å². The van der Waals surface area contributed by atoms with E-state index in [0.717, 1.165) is 17.6 Å². The molecule has 88 valence electrons. The first-order valence-electron chi connectivity index (χ1n) is 5.08. The second-order valence-corrected chi connectivity index (χ2v) is 4.81. The fourth-order valence-corrected chi connectivity index (χ4v) is 2.37. The van der Waals surface area contributed by atoms with Crippen LogP contribution in [0.4, 0.5) is 0 Å². The van der Waals surface area contributed by atoms with E-state index in [2.05, 4.69) is 64.2 Å². The lowest BCUT2D eigenvalue weighted by atomic mass is 10.1. The van der Waals surface area contributed by atoms with E-state index in [0.29, 0.717) is 0 Å². The fraction of sp³-hybridized carbons (Fsp3) is 0.333. The Hall–Kier alpha value is -0.320. The van der Waals surface area contributed by atoms with Gasteiger partial charge in [-0.1, -0.05) is 18.2 Å². The zero-order valence-corrected chi connectivity index (χ0v) is 12.8. The molecule has 16 heavy (non-hydrogen) atoms. The summed E-state index contributed by atoms with van der Waals surface area (Å²) in [5.74, 6) is 0. The summed E-state index contributed by atoms with van der Waals surface area (Å²) in [5.41, 5.74) is 2.58. The van der Waals surface area contributed by atoms with Crippen molar-refractivity contribution in [2.24, 2.45) is 0 Å². The molecule has 2 nitrogen and oxygen atoms in total. The van der Waals surface area contributed by atoms with Gasteiger partial charge in [0.15, 0.2) is 0 Å². The van der Waals surface area contributed by atoms with Crippen LogP contribution in [0.1, 0.15) is 5.56 Å². The minimum Gasteiger partial charge on any atom is -0.349 e. The molecule has 0 atom stereocenters. The van der Waals surface area contributed by atoms with Crippen LogP contribution in [0.2, 0.25) is 0 Å². The maximum Gasteiger partial charge on any atom is 0.0863 e. The molecule has 0 fully saturated rings. The van der Waals surface area contributed by atoms with Gasteiger partial charge in [-0.2, -0.15) is 0 Å². The van der Waals surface area contributed by atoms with Crippen molar-refractivity contribution in [3.05, 3.63) is 34.4 Å². The number of hydrogen-bond acceptors (Lipinski definition) is 1. The Kier molecular flexibility index (Phi) is 5.02. The smallest absolute Gasteiger partial charge is 0.0863 e. The van der Waals surface area contributed by atoms with Crippen LogP contribution in [-0.2, 0) is 6.42 Å². The Bertz CT molecular complexity index is 463. The van der Waals surface area contributed by atoms with Crippen molar-refractivity contribution in [2.45, 2.75) is 6.42 Å². The summed E-state index contributed by atoms with van der Waals surface area (Å²) in [5, 5.41) is 1.33.